The van der Waals surface area contributed by atoms with Gasteiger partial charge in [-0.15, -0.1) is 0 Å². The molecule has 0 aliphatic carbocycles. The van der Waals surface area contributed by atoms with E-state index in [1.54, 1.807) is 18.2 Å². The number of hydrogen-bond acceptors (Lipinski definition) is 5. The Kier molecular flexibility index (Phi) is 5.94. The molecule has 0 spiro atoms. The zero-order valence-corrected chi connectivity index (χ0v) is 17.8. The molecule has 1 aromatic heterocycles. The molecule has 0 saturated heterocycles. The van der Waals surface area contributed by atoms with E-state index in [1.165, 1.54) is 17.7 Å². The van der Waals surface area contributed by atoms with E-state index in [2.05, 4.69) is 26.0 Å². The molecular weight excluding hydrogens is 404 g/mol. The van der Waals surface area contributed by atoms with Crippen molar-refractivity contribution in [1.82, 2.24) is 4.98 Å². The molecule has 0 saturated carbocycles. The lowest BCUT2D eigenvalue weighted by atomic mass is 9.99. The van der Waals surface area contributed by atoms with Crippen molar-refractivity contribution in [3.05, 3.63) is 106 Å². The number of esters is 1. The van der Waals surface area contributed by atoms with E-state index in [4.69, 9.17) is 9.72 Å². The van der Waals surface area contributed by atoms with Crippen LogP contribution in [-0.2, 0) is 11.3 Å². The van der Waals surface area contributed by atoms with Gasteiger partial charge >= 0.3 is 5.97 Å². The summed E-state index contributed by atoms with van der Waals surface area (Å²) in [5, 5.41) is 11.5. The van der Waals surface area contributed by atoms with Crippen LogP contribution in [0.5, 0.6) is 0 Å². The van der Waals surface area contributed by atoms with Gasteiger partial charge in [0.05, 0.1) is 21.7 Å². The van der Waals surface area contributed by atoms with Crippen LogP contribution >= 0.6 is 0 Å². The zero-order valence-electron chi connectivity index (χ0n) is 17.8. The maximum atomic E-state index is 13.0. The number of para-hydroxylation sites is 1. The Balaban J connectivity index is 1.63. The highest BCUT2D eigenvalue weighted by atomic mass is 16.6. The lowest BCUT2D eigenvalue weighted by Crippen LogP contribution is -2.07. The molecule has 160 valence electrons. The van der Waals surface area contributed by atoms with Gasteiger partial charge in [0.15, 0.2) is 0 Å². The fourth-order valence-corrected chi connectivity index (χ4v) is 3.47. The number of fused-ring (bicyclic) bond motifs is 1. The summed E-state index contributed by atoms with van der Waals surface area (Å²) < 4.78 is 5.53. The van der Waals surface area contributed by atoms with E-state index in [0.29, 0.717) is 33.6 Å². The van der Waals surface area contributed by atoms with Crippen LogP contribution in [0.4, 0.5) is 5.69 Å². The lowest BCUT2D eigenvalue weighted by Gasteiger charge is -2.11. The number of nitro groups is 1. The molecule has 0 unspecified atom stereocenters. The lowest BCUT2D eigenvalue weighted by molar-refractivity contribution is -0.384. The van der Waals surface area contributed by atoms with Gasteiger partial charge in [-0.2, -0.15) is 0 Å². The largest absolute Gasteiger partial charge is 0.457 e. The molecule has 6 nitrogen and oxygen atoms in total. The third-order valence-corrected chi connectivity index (χ3v) is 5.33. The van der Waals surface area contributed by atoms with Crippen molar-refractivity contribution in [2.75, 3.05) is 0 Å². The van der Waals surface area contributed by atoms with Gasteiger partial charge in [0.25, 0.3) is 5.69 Å². The van der Waals surface area contributed by atoms with Gasteiger partial charge in [-0.25, -0.2) is 9.78 Å². The maximum Gasteiger partial charge on any atom is 0.339 e. The second-order valence-corrected chi connectivity index (χ2v) is 7.85. The molecule has 0 amide bonds. The van der Waals surface area contributed by atoms with E-state index in [9.17, 15) is 14.9 Å². The summed E-state index contributed by atoms with van der Waals surface area (Å²) in [7, 11) is 0. The minimum absolute atomic E-state index is 0.00617. The summed E-state index contributed by atoms with van der Waals surface area (Å²) in [4.78, 5) is 28.1. The standard InChI is InChI=1S/C26H22N2O4/c1-17(2)19-9-11-20(12-10-19)25-15-23(22-5-3-4-6-24(22)27-25)26(29)32-16-18-7-13-21(14-8-18)28(30)31/h3-15,17H,16H2,1-2H3. The average Bonchev–Trinajstić information content (AvgIpc) is 2.82. The zero-order chi connectivity index (χ0) is 22.7. The SMILES string of the molecule is CC(C)c1ccc(-c2cc(C(=O)OCc3ccc([N+](=O)[O-])cc3)c3ccccc3n2)cc1. The molecule has 0 aliphatic rings. The fraction of sp³-hybridized carbons (Fsp3) is 0.154. The number of benzene rings is 3. The van der Waals surface area contributed by atoms with E-state index in [-0.39, 0.29) is 12.3 Å². The van der Waals surface area contributed by atoms with Crippen LogP contribution in [0, 0.1) is 10.1 Å². The smallest absolute Gasteiger partial charge is 0.339 e. The first kappa shape index (κ1) is 21.2. The van der Waals surface area contributed by atoms with Crippen molar-refractivity contribution in [3.63, 3.8) is 0 Å². The fourth-order valence-electron chi connectivity index (χ4n) is 3.47. The Morgan fingerprint density at radius 2 is 1.69 bits per heavy atom. The van der Waals surface area contributed by atoms with Crippen molar-refractivity contribution in [1.29, 1.82) is 0 Å². The minimum Gasteiger partial charge on any atom is -0.457 e. The quantitative estimate of drug-likeness (QED) is 0.206. The van der Waals surface area contributed by atoms with Gasteiger partial charge in [-0.3, -0.25) is 10.1 Å². The van der Waals surface area contributed by atoms with Gasteiger partial charge in [0.1, 0.15) is 6.61 Å². The molecular formula is C26H22N2O4. The first-order chi connectivity index (χ1) is 15.4. The molecule has 0 fully saturated rings. The van der Waals surface area contributed by atoms with Gasteiger partial charge in [0, 0.05) is 23.1 Å². The second-order valence-electron chi connectivity index (χ2n) is 7.85. The number of carbonyl (C=O) groups excluding carboxylic acids is 1. The van der Waals surface area contributed by atoms with Crippen molar-refractivity contribution in [2.45, 2.75) is 26.4 Å². The van der Waals surface area contributed by atoms with Crippen LogP contribution in [0.25, 0.3) is 22.2 Å². The molecule has 0 radical (unpaired) electrons. The molecule has 1 heterocycles. The molecule has 0 atom stereocenters. The Bertz CT molecular complexity index is 1280. The topological polar surface area (TPSA) is 82.3 Å². The van der Waals surface area contributed by atoms with Crippen molar-refractivity contribution >= 4 is 22.6 Å². The summed E-state index contributed by atoms with van der Waals surface area (Å²) in [5.41, 5.74) is 4.66. The normalized spacial score (nSPS) is 11.0. The summed E-state index contributed by atoms with van der Waals surface area (Å²) in [6.45, 7) is 4.30. The molecule has 3 aromatic carbocycles. The predicted octanol–water partition coefficient (Wildman–Crippen LogP) is 6.29. The summed E-state index contributed by atoms with van der Waals surface area (Å²) in [5.74, 6) is -0.0411. The molecule has 4 aromatic rings. The van der Waals surface area contributed by atoms with Gasteiger partial charge in [-0.05, 0) is 41.3 Å². The molecule has 0 aliphatic heterocycles. The highest BCUT2D eigenvalue weighted by molar-refractivity contribution is 6.04. The monoisotopic (exact) mass is 426 g/mol. The second kappa shape index (κ2) is 8.98. The van der Waals surface area contributed by atoms with Crippen molar-refractivity contribution in [3.8, 4) is 11.3 Å². The summed E-state index contributed by atoms with van der Waals surface area (Å²) >= 11 is 0. The number of pyridine rings is 1. The summed E-state index contributed by atoms with van der Waals surface area (Å²) in [6.07, 6.45) is 0. The van der Waals surface area contributed by atoms with Gasteiger partial charge in [0.2, 0.25) is 0 Å². The van der Waals surface area contributed by atoms with Crippen LogP contribution in [0.1, 0.15) is 41.3 Å². The highest BCUT2D eigenvalue weighted by Gasteiger charge is 2.16. The van der Waals surface area contributed by atoms with Crippen LogP contribution in [-0.4, -0.2) is 15.9 Å². The molecule has 6 heteroatoms. The maximum absolute atomic E-state index is 13.0. The Labute approximate surface area is 185 Å². The number of rotatable bonds is 6. The number of non-ortho nitro benzene ring substituents is 1. The number of aromatic nitrogens is 1. The molecule has 0 N–H and O–H groups in total. The van der Waals surface area contributed by atoms with E-state index in [1.807, 2.05) is 36.4 Å². The first-order valence-corrected chi connectivity index (χ1v) is 10.3. The summed E-state index contributed by atoms with van der Waals surface area (Å²) in [6, 6.07) is 23.3. The van der Waals surface area contributed by atoms with Crippen LogP contribution in [0.15, 0.2) is 78.9 Å². The third-order valence-electron chi connectivity index (χ3n) is 5.33. The van der Waals surface area contributed by atoms with Gasteiger partial charge < -0.3 is 4.74 Å². The number of carbonyl (C=O) groups is 1. The number of ether oxygens (including phenoxy) is 1. The Morgan fingerprint density at radius 3 is 2.34 bits per heavy atom. The molecule has 4 rings (SSSR count). The van der Waals surface area contributed by atoms with Crippen LogP contribution in [0.2, 0.25) is 0 Å². The van der Waals surface area contributed by atoms with Gasteiger partial charge in [-0.1, -0.05) is 56.3 Å². The van der Waals surface area contributed by atoms with E-state index < -0.39 is 10.9 Å². The van der Waals surface area contributed by atoms with Crippen LogP contribution in [0.3, 0.4) is 0 Å². The van der Waals surface area contributed by atoms with E-state index in [0.717, 1.165) is 5.56 Å². The number of hydrogen-bond donors (Lipinski definition) is 0. The highest BCUT2D eigenvalue weighted by Crippen LogP contribution is 2.27. The number of nitrogens with zero attached hydrogens (tertiary/aromatic N) is 2. The number of nitro benzene ring substituents is 1. The molecule has 0 bridgehead atoms. The minimum atomic E-state index is -0.470. The molecule has 32 heavy (non-hydrogen) atoms. The Hall–Kier alpha value is -4.06. The van der Waals surface area contributed by atoms with Crippen molar-refractivity contribution in [2.24, 2.45) is 0 Å². The first-order valence-electron chi connectivity index (χ1n) is 10.3. The average molecular weight is 426 g/mol. The van der Waals surface area contributed by atoms with Crippen LogP contribution < -0.4 is 0 Å². The van der Waals surface area contributed by atoms with E-state index >= 15 is 0 Å². The Morgan fingerprint density at radius 1 is 1.00 bits per heavy atom. The van der Waals surface area contributed by atoms with Crippen molar-refractivity contribution < 1.29 is 14.5 Å². The predicted molar refractivity (Wildman–Crippen MR) is 123 cm³/mol. The third kappa shape index (κ3) is 4.49.